The average Bonchev–Trinajstić information content (AvgIpc) is 3.09. The van der Waals surface area contributed by atoms with Crippen LogP contribution in [0.25, 0.3) is 11.8 Å². The third-order valence-corrected chi connectivity index (χ3v) is 5.87. The number of benzene rings is 2. The van der Waals surface area contributed by atoms with E-state index in [4.69, 9.17) is 4.74 Å². The lowest BCUT2D eigenvalue weighted by Crippen LogP contribution is -2.54. The molecule has 1 saturated heterocycles. The van der Waals surface area contributed by atoms with E-state index in [9.17, 15) is 14.4 Å². The molecule has 1 N–H and O–H groups in total. The molecule has 3 aromatic rings. The summed E-state index contributed by atoms with van der Waals surface area (Å²) in [7, 11) is 0. The molecule has 4 rings (SSSR count). The number of aromatic nitrogens is 1. The minimum Gasteiger partial charge on any atom is -0.494 e. The first kappa shape index (κ1) is 23.0. The Hall–Kier alpha value is -4.13. The van der Waals surface area contributed by atoms with Crippen LogP contribution in [0.1, 0.15) is 36.4 Å². The van der Waals surface area contributed by atoms with Gasteiger partial charge in [-0.3, -0.25) is 14.9 Å². The van der Waals surface area contributed by atoms with Gasteiger partial charge in [-0.25, -0.2) is 9.69 Å². The first-order valence-corrected chi connectivity index (χ1v) is 11.3. The van der Waals surface area contributed by atoms with Crippen LogP contribution >= 0.6 is 0 Å². The van der Waals surface area contributed by atoms with E-state index in [1.165, 1.54) is 5.56 Å². The second-order valence-corrected chi connectivity index (χ2v) is 8.03. The van der Waals surface area contributed by atoms with Gasteiger partial charge in [0, 0.05) is 23.1 Å². The Bertz CT molecular complexity index is 1320. The summed E-state index contributed by atoms with van der Waals surface area (Å²) >= 11 is 0. The molecular weight excluding hydrogens is 430 g/mol. The van der Waals surface area contributed by atoms with Crippen LogP contribution in [0.2, 0.25) is 0 Å². The summed E-state index contributed by atoms with van der Waals surface area (Å²) < 4.78 is 7.61. The molecule has 1 aliphatic rings. The lowest BCUT2D eigenvalue weighted by molar-refractivity contribution is -0.122. The molecule has 0 bridgehead atoms. The molecule has 2 heterocycles. The Kier molecular flexibility index (Phi) is 6.36. The molecular formula is C27H27N3O4. The second kappa shape index (κ2) is 9.39. The molecule has 1 fully saturated rings. The summed E-state index contributed by atoms with van der Waals surface area (Å²) in [5.41, 5.74) is 5.09. The number of rotatable bonds is 6. The van der Waals surface area contributed by atoms with Crippen molar-refractivity contribution in [3.8, 4) is 11.4 Å². The Morgan fingerprint density at radius 3 is 2.47 bits per heavy atom. The maximum atomic E-state index is 13.3. The number of nitrogens with zero attached hydrogens (tertiary/aromatic N) is 2. The van der Waals surface area contributed by atoms with Crippen molar-refractivity contribution in [2.24, 2.45) is 0 Å². The summed E-state index contributed by atoms with van der Waals surface area (Å²) in [5.74, 6) is -0.867. The van der Waals surface area contributed by atoms with Crippen molar-refractivity contribution in [3.05, 3.63) is 82.7 Å². The normalized spacial score (nSPS) is 15.1. The molecule has 1 aliphatic heterocycles. The van der Waals surface area contributed by atoms with Crippen LogP contribution in [0, 0.1) is 13.8 Å². The van der Waals surface area contributed by atoms with E-state index in [0.717, 1.165) is 34.0 Å². The molecule has 7 nitrogen and oxygen atoms in total. The summed E-state index contributed by atoms with van der Waals surface area (Å²) in [6.07, 6.45) is 2.43. The molecule has 0 radical (unpaired) electrons. The molecule has 0 aliphatic carbocycles. The fourth-order valence-corrected chi connectivity index (χ4v) is 4.26. The van der Waals surface area contributed by atoms with Crippen LogP contribution in [-0.4, -0.2) is 29.0 Å². The Morgan fingerprint density at radius 1 is 0.971 bits per heavy atom. The number of hydrogen-bond donors (Lipinski definition) is 1. The Morgan fingerprint density at radius 2 is 1.74 bits per heavy atom. The van der Waals surface area contributed by atoms with E-state index in [0.29, 0.717) is 18.0 Å². The molecule has 174 valence electrons. The van der Waals surface area contributed by atoms with Crippen molar-refractivity contribution in [3.63, 3.8) is 0 Å². The van der Waals surface area contributed by atoms with Gasteiger partial charge in [-0.05, 0) is 68.7 Å². The maximum absolute atomic E-state index is 13.3. The molecule has 0 spiro atoms. The fourth-order valence-electron chi connectivity index (χ4n) is 4.26. The van der Waals surface area contributed by atoms with E-state index >= 15 is 0 Å². The highest BCUT2D eigenvalue weighted by Gasteiger charge is 2.37. The number of barbiturate groups is 1. The van der Waals surface area contributed by atoms with Gasteiger partial charge in [0.25, 0.3) is 11.8 Å². The van der Waals surface area contributed by atoms with Gasteiger partial charge in [-0.1, -0.05) is 31.2 Å². The standard InChI is InChI=1S/C27H27N3O4/c1-5-19-10-7-8-13-24(19)29-17(3)14-20(18(29)4)15-23-25(31)28-27(33)30(26(23)32)21-11-9-12-22(16-21)34-6-2/h7-16H,5-6H2,1-4H3,(H,28,31,33). The minimum atomic E-state index is -0.789. The van der Waals surface area contributed by atoms with E-state index in [-0.39, 0.29) is 5.57 Å². The van der Waals surface area contributed by atoms with Crippen LogP contribution in [0.4, 0.5) is 10.5 Å². The van der Waals surface area contributed by atoms with Gasteiger partial charge in [0.2, 0.25) is 0 Å². The third kappa shape index (κ3) is 4.12. The zero-order valence-electron chi connectivity index (χ0n) is 19.7. The van der Waals surface area contributed by atoms with Crippen molar-refractivity contribution in [2.75, 3.05) is 11.5 Å². The number of aryl methyl sites for hydroxylation is 2. The number of carbonyl (C=O) groups excluding carboxylic acids is 3. The highest BCUT2D eigenvalue weighted by molar-refractivity contribution is 6.39. The first-order valence-electron chi connectivity index (χ1n) is 11.3. The SMILES string of the molecule is CCOc1cccc(N2C(=O)NC(=O)C(=Cc3cc(C)n(-c4ccccc4CC)c3C)C2=O)c1. The summed E-state index contributed by atoms with van der Waals surface area (Å²) in [5, 5.41) is 2.28. The molecule has 7 heteroatoms. The van der Waals surface area contributed by atoms with E-state index in [1.807, 2.05) is 39.0 Å². The minimum absolute atomic E-state index is 0.106. The average molecular weight is 458 g/mol. The highest BCUT2D eigenvalue weighted by atomic mass is 16.5. The quantitative estimate of drug-likeness (QED) is 0.429. The van der Waals surface area contributed by atoms with Gasteiger partial charge in [0.1, 0.15) is 11.3 Å². The Labute approximate surface area is 198 Å². The number of hydrogen-bond acceptors (Lipinski definition) is 4. The maximum Gasteiger partial charge on any atom is 0.335 e. The van der Waals surface area contributed by atoms with Crippen molar-refractivity contribution in [1.82, 2.24) is 9.88 Å². The smallest absolute Gasteiger partial charge is 0.335 e. The number of anilines is 1. The largest absolute Gasteiger partial charge is 0.494 e. The fraction of sp³-hybridized carbons (Fsp3) is 0.222. The van der Waals surface area contributed by atoms with Crippen LogP contribution in [0.3, 0.4) is 0 Å². The lowest BCUT2D eigenvalue weighted by Gasteiger charge is -2.26. The van der Waals surface area contributed by atoms with Crippen molar-refractivity contribution in [2.45, 2.75) is 34.1 Å². The van der Waals surface area contributed by atoms with Crippen LogP contribution in [0.5, 0.6) is 5.75 Å². The molecule has 0 atom stereocenters. The molecule has 0 unspecified atom stereocenters. The van der Waals surface area contributed by atoms with Gasteiger partial charge >= 0.3 is 6.03 Å². The zero-order chi connectivity index (χ0) is 24.4. The molecule has 2 aromatic carbocycles. The first-order chi connectivity index (χ1) is 16.3. The number of nitrogens with one attached hydrogen (secondary N) is 1. The summed E-state index contributed by atoms with van der Waals surface area (Å²) in [4.78, 5) is 39.5. The lowest BCUT2D eigenvalue weighted by atomic mass is 10.1. The van der Waals surface area contributed by atoms with Crippen LogP contribution < -0.4 is 15.0 Å². The van der Waals surface area contributed by atoms with Crippen molar-refractivity contribution >= 4 is 29.6 Å². The zero-order valence-corrected chi connectivity index (χ0v) is 19.7. The van der Waals surface area contributed by atoms with Gasteiger partial charge in [-0.2, -0.15) is 0 Å². The van der Waals surface area contributed by atoms with Crippen LogP contribution in [0.15, 0.2) is 60.2 Å². The number of para-hydroxylation sites is 1. The summed E-state index contributed by atoms with van der Waals surface area (Å²) in [6.45, 7) is 8.34. The van der Waals surface area contributed by atoms with Gasteiger partial charge in [0.05, 0.1) is 12.3 Å². The van der Waals surface area contributed by atoms with E-state index in [1.54, 1.807) is 30.3 Å². The number of imide groups is 2. The number of urea groups is 1. The van der Waals surface area contributed by atoms with E-state index < -0.39 is 17.8 Å². The summed E-state index contributed by atoms with van der Waals surface area (Å²) in [6, 6.07) is 16.0. The molecule has 0 saturated carbocycles. The van der Waals surface area contributed by atoms with E-state index in [2.05, 4.69) is 28.9 Å². The Balaban J connectivity index is 1.76. The van der Waals surface area contributed by atoms with Crippen molar-refractivity contribution in [1.29, 1.82) is 0 Å². The van der Waals surface area contributed by atoms with Crippen LogP contribution in [-0.2, 0) is 16.0 Å². The van der Waals surface area contributed by atoms with Gasteiger partial charge in [0.15, 0.2) is 0 Å². The predicted molar refractivity (Wildman–Crippen MR) is 131 cm³/mol. The second-order valence-electron chi connectivity index (χ2n) is 8.03. The highest BCUT2D eigenvalue weighted by Crippen LogP contribution is 2.28. The van der Waals surface area contributed by atoms with Gasteiger partial charge < -0.3 is 9.30 Å². The molecule has 1 aromatic heterocycles. The predicted octanol–water partition coefficient (Wildman–Crippen LogP) is 4.72. The molecule has 34 heavy (non-hydrogen) atoms. The number of ether oxygens (including phenoxy) is 1. The number of amides is 4. The van der Waals surface area contributed by atoms with Gasteiger partial charge in [-0.15, -0.1) is 0 Å². The number of carbonyl (C=O) groups is 3. The topological polar surface area (TPSA) is 80.6 Å². The monoisotopic (exact) mass is 457 g/mol. The molecule has 4 amide bonds. The third-order valence-electron chi connectivity index (χ3n) is 5.87. The van der Waals surface area contributed by atoms with Crippen molar-refractivity contribution < 1.29 is 19.1 Å².